The number of rotatable bonds is 2. The van der Waals surface area contributed by atoms with Crippen molar-refractivity contribution in [2.75, 3.05) is 0 Å². The molecule has 1 heterocycles. The Kier molecular flexibility index (Phi) is 3.36. The highest BCUT2D eigenvalue weighted by molar-refractivity contribution is 7.12. The van der Waals surface area contributed by atoms with E-state index in [4.69, 9.17) is 10.7 Å². The van der Waals surface area contributed by atoms with Gasteiger partial charge in [0.15, 0.2) is 0 Å². The first-order valence-corrected chi connectivity index (χ1v) is 7.05. The maximum Gasteiger partial charge on any atom is 0.110 e. The van der Waals surface area contributed by atoms with Crippen LogP contribution in [0.2, 0.25) is 0 Å². The van der Waals surface area contributed by atoms with Gasteiger partial charge in [-0.25, -0.2) is 4.98 Å². The number of hydrogen-bond donors (Lipinski definition) is 1. The predicted octanol–water partition coefficient (Wildman–Crippen LogP) is 3.48. The molecule has 2 nitrogen and oxygen atoms in total. The van der Waals surface area contributed by atoms with Gasteiger partial charge in [-0.1, -0.05) is 27.7 Å². The topological polar surface area (TPSA) is 38.9 Å². The van der Waals surface area contributed by atoms with Crippen molar-refractivity contribution in [3.63, 3.8) is 0 Å². The second-order valence-electron chi connectivity index (χ2n) is 5.58. The van der Waals surface area contributed by atoms with Crippen molar-refractivity contribution < 1.29 is 0 Å². The molecular formula is C13H22N2S. The summed E-state index contributed by atoms with van der Waals surface area (Å²) in [6.07, 6.45) is 2.44. The zero-order chi connectivity index (χ0) is 11.9. The van der Waals surface area contributed by atoms with Crippen LogP contribution in [0.5, 0.6) is 0 Å². The van der Waals surface area contributed by atoms with Gasteiger partial charge >= 0.3 is 0 Å². The Morgan fingerprint density at radius 2 is 2.06 bits per heavy atom. The van der Waals surface area contributed by atoms with Crippen LogP contribution in [0.4, 0.5) is 0 Å². The molecule has 3 heteroatoms. The number of nitrogens with zero attached hydrogens (tertiary/aromatic N) is 1. The normalized spacial score (nSPS) is 26.9. The fraction of sp³-hybridized carbons (Fsp3) is 0.769. The molecule has 3 atom stereocenters. The number of thiazole rings is 1. The fourth-order valence-electron chi connectivity index (χ4n) is 2.47. The van der Waals surface area contributed by atoms with Crippen molar-refractivity contribution >= 4 is 11.3 Å². The monoisotopic (exact) mass is 238 g/mol. The molecular weight excluding hydrogens is 216 g/mol. The Morgan fingerprint density at radius 3 is 2.69 bits per heavy atom. The van der Waals surface area contributed by atoms with Gasteiger partial charge in [0, 0.05) is 4.88 Å². The molecule has 0 amide bonds. The maximum absolute atomic E-state index is 6.18. The summed E-state index contributed by atoms with van der Waals surface area (Å²) in [4.78, 5) is 6.26. The van der Waals surface area contributed by atoms with Crippen LogP contribution in [-0.2, 0) is 6.42 Å². The van der Waals surface area contributed by atoms with Crippen LogP contribution in [0.1, 0.15) is 61.7 Å². The summed E-state index contributed by atoms with van der Waals surface area (Å²) in [5, 5.41) is 1.14. The average Bonchev–Trinajstić information content (AvgIpc) is 2.60. The smallest absolute Gasteiger partial charge is 0.110 e. The standard InChI is InChI=1S/C13H22N2S/c1-7(2)11(14)13-15-10-6-8(3)5-9(4)12(10)16-13/h7-9,11H,5-6,14H2,1-4H3. The summed E-state index contributed by atoms with van der Waals surface area (Å²) in [7, 11) is 0. The van der Waals surface area contributed by atoms with E-state index in [2.05, 4.69) is 27.7 Å². The van der Waals surface area contributed by atoms with Gasteiger partial charge in [0.1, 0.15) is 5.01 Å². The molecule has 3 unspecified atom stereocenters. The van der Waals surface area contributed by atoms with Crippen molar-refractivity contribution in [2.24, 2.45) is 17.6 Å². The first-order valence-electron chi connectivity index (χ1n) is 6.24. The summed E-state index contributed by atoms with van der Waals surface area (Å²) in [6, 6.07) is 0.109. The number of nitrogens with two attached hydrogens (primary N) is 1. The van der Waals surface area contributed by atoms with Crippen LogP contribution in [0.3, 0.4) is 0 Å². The molecule has 0 fully saturated rings. The van der Waals surface area contributed by atoms with E-state index in [1.54, 1.807) is 0 Å². The first-order chi connectivity index (χ1) is 7.49. The lowest BCUT2D eigenvalue weighted by atomic mass is 9.86. The van der Waals surface area contributed by atoms with Gasteiger partial charge in [-0.15, -0.1) is 11.3 Å². The minimum atomic E-state index is 0.109. The van der Waals surface area contributed by atoms with Crippen LogP contribution >= 0.6 is 11.3 Å². The van der Waals surface area contributed by atoms with Crippen molar-refractivity contribution in [1.29, 1.82) is 0 Å². The molecule has 0 bridgehead atoms. The minimum absolute atomic E-state index is 0.109. The highest BCUT2D eigenvalue weighted by Gasteiger charge is 2.27. The number of fused-ring (bicyclic) bond motifs is 1. The van der Waals surface area contributed by atoms with Crippen molar-refractivity contribution in [1.82, 2.24) is 4.98 Å². The molecule has 2 rings (SSSR count). The molecule has 0 aliphatic heterocycles. The Balaban J connectivity index is 2.29. The minimum Gasteiger partial charge on any atom is -0.322 e. The molecule has 1 aliphatic carbocycles. The van der Waals surface area contributed by atoms with Gasteiger partial charge in [0.25, 0.3) is 0 Å². The molecule has 0 aromatic carbocycles. The van der Waals surface area contributed by atoms with E-state index in [1.807, 2.05) is 11.3 Å². The third kappa shape index (κ3) is 2.16. The first kappa shape index (κ1) is 12.1. The van der Waals surface area contributed by atoms with E-state index in [0.717, 1.165) is 17.3 Å². The molecule has 1 aliphatic rings. The molecule has 0 radical (unpaired) electrons. The van der Waals surface area contributed by atoms with Crippen LogP contribution < -0.4 is 5.73 Å². The van der Waals surface area contributed by atoms with Gasteiger partial charge in [0.2, 0.25) is 0 Å². The summed E-state index contributed by atoms with van der Waals surface area (Å²) < 4.78 is 0. The summed E-state index contributed by atoms with van der Waals surface area (Å²) in [5.74, 6) is 1.91. The zero-order valence-corrected chi connectivity index (χ0v) is 11.5. The molecule has 0 spiro atoms. The molecule has 2 N–H and O–H groups in total. The van der Waals surface area contributed by atoms with Gasteiger partial charge in [-0.05, 0) is 30.6 Å². The van der Waals surface area contributed by atoms with Gasteiger partial charge in [-0.2, -0.15) is 0 Å². The Bertz CT molecular complexity index is 370. The van der Waals surface area contributed by atoms with Gasteiger partial charge < -0.3 is 5.73 Å². The van der Waals surface area contributed by atoms with E-state index in [9.17, 15) is 0 Å². The largest absolute Gasteiger partial charge is 0.322 e. The Hall–Kier alpha value is -0.410. The van der Waals surface area contributed by atoms with Crippen molar-refractivity contribution in [2.45, 2.75) is 52.5 Å². The maximum atomic E-state index is 6.18. The number of hydrogen-bond acceptors (Lipinski definition) is 3. The Morgan fingerprint density at radius 1 is 1.38 bits per heavy atom. The second kappa shape index (κ2) is 4.46. The average molecular weight is 238 g/mol. The highest BCUT2D eigenvalue weighted by atomic mass is 32.1. The zero-order valence-electron chi connectivity index (χ0n) is 10.7. The van der Waals surface area contributed by atoms with Crippen LogP contribution in [-0.4, -0.2) is 4.98 Å². The fourth-order valence-corrected chi connectivity index (χ4v) is 3.80. The lowest BCUT2D eigenvalue weighted by Gasteiger charge is -2.22. The van der Waals surface area contributed by atoms with Crippen molar-refractivity contribution in [3.05, 3.63) is 15.6 Å². The van der Waals surface area contributed by atoms with Crippen LogP contribution in [0, 0.1) is 11.8 Å². The lowest BCUT2D eigenvalue weighted by Crippen LogP contribution is -2.16. The molecule has 1 aromatic heterocycles. The van der Waals surface area contributed by atoms with Crippen LogP contribution in [0.15, 0.2) is 0 Å². The molecule has 0 saturated heterocycles. The molecule has 90 valence electrons. The van der Waals surface area contributed by atoms with Crippen molar-refractivity contribution in [3.8, 4) is 0 Å². The Labute approximate surface area is 102 Å². The predicted molar refractivity (Wildman–Crippen MR) is 69.8 cm³/mol. The number of aromatic nitrogens is 1. The van der Waals surface area contributed by atoms with Gasteiger partial charge in [-0.3, -0.25) is 0 Å². The summed E-state index contributed by atoms with van der Waals surface area (Å²) in [6.45, 7) is 8.96. The van der Waals surface area contributed by atoms with E-state index in [1.165, 1.54) is 17.0 Å². The lowest BCUT2D eigenvalue weighted by molar-refractivity contribution is 0.448. The second-order valence-corrected chi connectivity index (χ2v) is 6.64. The summed E-state index contributed by atoms with van der Waals surface area (Å²) >= 11 is 1.85. The van der Waals surface area contributed by atoms with E-state index < -0.39 is 0 Å². The van der Waals surface area contributed by atoms with E-state index in [-0.39, 0.29) is 6.04 Å². The third-order valence-corrected chi connectivity index (χ3v) is 4.92. The quantitative estimate of drug-likeness (QED) is 0.856. The molecule has 1 aromatic rings. The summed E-state index contributed by atoms with van der Waals surface area (Å²) in [5.41, 5.74) is 7.50. The highest BCUT2D eigenvalue weighted by Crippen LogP contribution is 2.39. The van der Waals surface area contributed by atoms with E-state index in [0.29, 0.717) is 11.8 Å². The van der Waals surface area contributed by atoms with E-state index >= 15 is 0 Å². The molecule has 16 heavy (non-hydrogen) atoms. The molecule has 0 saturated carbocycles. The third-order valence-electron chi connectivity index (χ3n) is 3.49. The van der Waals surface area contributed by atoms with Crippen LogP contribution in [0.25, 0.3) is 0 Å². The SMILES string of the molecule is CC1Cc2nc(C(N)C(C)C)sc2C(C)C1. The van der Waals surface area contributed by atoms with Gasteiger partial charge in [0.05, 0.1) is 11.7 Å².